The Morgan fingerprint density at radius 2 is 1.79 bits per heavy atom. The number of carbonyl (C=O) groups is 3. The second-order valence-corrected chi connectivity index (χ2v) is 7.71. The maximum Gasteiger partial charge on any atom is 0.329 e. The molecule has 2 amide bonds. The van der Waals surface area contributed by atoms with Crippen molar-refractivity contribution >= 4 is 17.8 Å². The Morgan fingerprint density at radius 1 is 1.17 bits per heavy atom. The van der Waals surface area contributed by atoms with Crippen LogP contribution in [0, 0.1) is 18.8 Å². The van der Waals surface area contributed by atoms with Crippen molar-refractivity contribution in [3.63, 3.8) is 0 Å². The fourth-order valence-corrected chi connectivity index (χ4v) is 4.06. The number of rotatable bonds is 5. The van der Waals surface area contributed by atoms with Crippen molar-refractivity contribution in [2.24, 2.45) is 11.8 Å². The molecule has 2 heterocycles. The number of hydrogen-bond donors (Lipinski definition) is 0. The third kappa shape index (κ3) is 3.66. The van der Waals surface area contributed by atoms with E-state index in [1.54, 1.807) is 0 Å². The number of ether oxygens (including phenoxy) is 1. The topological polar surface area (TPSA) is 103 Å². The molecule has 1 aliphatic carbocycles. The zero-order chi connectivity index (χ0) is 20.5. The summed E-state index contributed by atoms with van der Waals surface area (Å²) in [6.45, 7) is 3.28. The molecule has 0 unspecified atom stereocenters. The molecule has 0 spiro atoms. The molecule has 1 aromatic heterocycles. The lowest BCUT2D eigenvalue weighted by Crippen LogP contribution is -2.44. The number of amides is 2. The zero-order valence-corrected chi connectivity index (χ0v) is 16.5. The summed E-state index contributed by atoms with van der Waals surface area (Å²) in [6.07, 6.45) is 3.29. The molecule has 2 fully saturated rings. The summed E-state index contributed by atoms with van der Waals surface area (Å²) in [5.74, 6) is -1.22. The van der Waals surface area contributed by atoms with Crippen LogP contribution < -0.4 is 0 Å². The van der Waals surface area contributed by atoms with Crippen molar-refractivity contribution in [3.05, 3.63) is 35.7 Å². The van der Waals surface area contributed by atoms with Gasteiger partial charge in [-0.2, -0.15) is 4.98 Å². The Hall–Kier alpha value is -3.03. The van der Waals surface area contributed by atoms with Crippen molar-refractivity contribution in [3.8, 4) is 11.4 Å². The molecule has 0 radical (unpaired) electrons. The summed E-state index contributed by atoms with van der Waals surface area (Å²) >= 11 is 0. The quantitative estimate of drug-likeness (QED) is 0.564. The molecule has 152 valence electrons. The van der Waals surface area contributed by atoms with Gasteiger partial charge in [0.2, 0.25) is 17.6 Å². The molecule has 2 aromatic rings. The van der Waals surface area contributed by atoms with E-state index in [2.05, 4.69) is 10.1 Å². The lowest BCUT2D eigenvalue weighted by atomic mass is 9.81. The highest BCUT2D eigenvalue weighted by Gasteiger charge is 2.51. The number of nitrogens with zero attached hydrogens (tertiary/aromatic N) is 3. The highest BCUT2D eigenvalue weighted by molar-refractivity contribution is 6.07. The second-order valence-electron chi connectivity index (χ2n) is 7.71. The highest BCUT2D eigenvalue weighted by Crippen LogP contribution is 2.38. The average Bonchev–Trinajstić information content (AvgIpc) is 3.30. The first-order valence-electron chi connectivity index (χ1n) is 9.89. The zero-order valence-electron chi connectivity index (χ0n) is 16.5. The van der Waals surface area contributed by atoms with Gasteiger partial charge in [0.1, 0.15) is 6.04 Å². The fourth-order valence-electron chi connectivity index (χ4n) is 4.06. The lowest BCUT2D eigenvalue weighted by molar-refractivity contribution is -0.159. The molecule has 8 nitrogen and oxygen atoms in total. The first kappa shape index (κ1) is 19.3. The van der Waals surface area contributed by atoms with Crippen LogP contribution in [0.4, 0.5) is 0 Å². The average molecular weight is 397 g/mol. The van der Waals surface area contributed by atoms with Crippen molar-refractivity contribution in [2.45, 2.75) is 52.2 Å². The molecule has 1 aliphatic heterocycles. The van der Waals surface area contributed by atoms with E-state index in [9.17, 15) is 14.4 Å². The molecule has 0 bridgehead atoms. The molecule has 1 saturated carbocycles. The van der Waals surface area contributed by atoms with Gasteiger partial charge in [-0.05, 0) is 26.7 Å². The maximum atomic E-state index is 12.6. The van der Waals surface area contributed by atoms with Crippen molar-refractivity contribution in [1.29, 1.82) is 0 Å². The van der Waals surface area contributed by atoms with Gasteiger partial charge >= 0.3 is 5.97 Å². The Morgan fingerprint density at radius 3 is 2.41 bits per heavy atom. The number of esters is 1. The van der Waals surface area contributed by atoms with Crippen molar-refractivity contribution in [2.75, 3.05) is 0 Å². The first-order valence-corrected chi connectivity index (χ1v) is 9.89. The van der Waals surface area contributed by atoms with Crippen LogP contribution in [0.1, 0.15) is 44.1 Å². The molecule has 3 atom stereocenters. The molecule has 0 N–H and O–H groups in total. The van der Waals surface area contributed by atoms with Crippen LogP contribution in [0.5, 0.6) is 0 Å². The minimum Gasteiger partial charge on any atom is -0.454 e. The van der Waals surface area contributed by atoms with Gasteiger partial charge in [0.05, 0.1) is 11.8 Å². The monoisotopic (exact) mass is 397 g/mol. The van der Waals surface area contributed by atoms with Gasteiger partial charge in [-0.25, -0.2) is 4.79 Å². The van der Waals surface area contributed by atoms with Gasteiger partial charge in [0, 0.05) is 5.56 Å². The normalized spacial score (nSPS) is 22.5. The number of hydrogen-bond acceptors (Lipinski definition) is 7. The third-order valence-corrected chi connectivity index (χ3v) is 5.72. The summed E-state index contributed by atoms with van der Waals surface area (Å²) in [6, 6.07) is 6.66. The highest BCUT2D eigenvalue weighted by atomic mass is 16.6. The predicted molar refractivity (Wildman–Crippen MR) is 101 cm³/mol. The van der Waals surface area contributed by atoms with Crippen LogP contribution in [0.15, 0.2) is 28.8 Å². The minimum atomic E-state index is -0.972. The summed E-state index contributed by atoms with van der Waals surface area (Å²) in [5.41, 5.74) is 1.91. The van der Waals surface area contributed by atoms with Gasteiger partial charge in [0.25, 0.3) is 5.89 Å². The standard InChI is InChI=1S/C21H23N3O5/c1-12-7-9-14(10-8-12)18-22-17(29-23-18)11-28-21(27)13(2)24-19(25)15-5-3-4-6-16(15)20(24)26/h7-10,13,15-16H,3-6,11H2,1-2H3/t13-,15-,16+/m1/s1. The molecule has 4 rings (SSSR count). The molecule has 1 aromatic carbocycles. The van der Waals surface area contributed by atoms with Crippen LogP contribution in [-0.4, -0.2) is 38.9 Å². The Balaban J connectivity index is 1.38. The third-order valence-electron chi connectivity index (χ3n) is 5.72. The SMILES string of the molecule is Cc1ccc(-c2noc(COC(=O)[C@@H](C)N3C(=O)[C@H]4CCCC[C@H]4C3=O)n2)cc1. The van der Waals surface area contributed by atoms with Crippen molar-refractivity contribution < 1.29 is 23.6 Å². The number of aryl methyl sites for hydroxylation is 1. The van der Waals surface area contributed by atoms with Crippen LogP contribution >= 0.6 is 0 Å². The van der Waals surface area contributed by atoms with Crippen LogP contribution in [0.3, 0.4) is 0 Å². The molecule has 1 saturated heterocycles. The van der Waals surface area contributed by atoms with Gasteiger partial charge in [-0.1, -0.05) is 47.8 Å². The van der Waals surface area contributed by atoms with E-state index in [0.717, 1.165) is 28.9 Å². The van der Waals surface area contributed by atoms with E-state index in [0.29, 0.717) is 18.7 Å². The van der Waals surface area contributed by atoms with E-state index in [-0.39, 0.29) is 36.1 Å². The summed E-state index contributed by atoms with van der Waals surface area (Å²) in [4.78, 5) is 43.0. The molecule has 8 heteroatoms. The molecule has 29 heavy (non-hydrogen) atoms. The Bertz CT molecular complexity index is 912. The number of aromatic nitrogens is 2. The number of fused-ring (bicyclic) bond motifs is 1. The number of carbonyl (C=O) groups excluding carboxylic acids is 3. The smallest absolute Gasteiger partial charge is 0.329 e. The fraction of sp³-hybridized carbons (Fsp3) is 0.476. The maximum absolute atomic E-state index is 12.6. The van der Waals surface area contributed by atoms with Crippen LogP contribution in [0.25, 0.3) is 11.4 Å². The molecular formula is C21H23N3O5. The second kappa shape index (κ2) is 7.77. The van der Waals surface area contributed by atoms with E-state index >= 15 is 0 Å². The Kier molecular flexibility index (Phi) is 5.17. The van der Waals surface area contributed by atoms with Crippen molar-refractivity contribution in [1.82, 2.24) is 15.0 Å². The van der Waals surface area contributed by atoms with Gasteiger partial charge < -0.3 is 9.26 Å². The number of imide groups is 1. The summed E-state index contributed by atoms with van der Waals surface area (Å²) in [5, 5.41) is 3.89. The van der Waals surface area contributed by atoms with E-state index in [1.807, 2.05) is 31.2 Å². The Labute approximate surface area is 168 Å². The predicted octanol–water partition coefficient (Wildman–Crippen LogP) is 2.65. The van der Waals surface area contributed by atoms with Gasteiger partial charge in [0.15, 0.2) is 6.61 Å². The number of benzene rings is 1. The van der Waals surface area contributed by atoms with E-state index in [4.69, 9.17) is 9.26 Å². The lowest BCUT2D eigenvalue weighted by Gasteiger charge is -2.21. The van der Waals surface area contributed by atoms with E-state index in [1.165, 1.54) is 6.92 Å². The largest absolute Gasteiger partial charge is 0.454 e. The molecular weight excluding hydrogens is 374 g/mol. The summed E-state index contributed by atoms with van der Waals surface area (Å²) in [7, 11) is 0. The number of likely N-dealkylation sites (tertiary alicyclic amines) is 1. The first-order chi connectivity index (χ1) is 14.0. The van der Waals surface area contributed by atoms with Crippen LogP contribution in [0.2, 0.25) is 0 Å². The molecule has 2 aliphatic rings. The van der Waals surface area contributed by atoms with Gasteiger partial charge in [-0.3, -0.25) is 14.5 Å². The summed E-state index contributed by atoms with van der Waals surface area (Å²) < 4.78 is 10.4. The van der Waals surface area contributed by atoms with E-state index < -0.39 is 12.0 Å². The van der Waals surface area contributed by atoms with Gasteiger partial charge in [-0.15, -0.1) is 0 Å². The minimum absolute atomic E-state index is 0.147. The van der Waals surface area contributed by atoms with Crippen LogP contribution in [-0.2, 0) is 25.7 Å².